The van der Waals surface area contributed by atoms with E-state index in [1.54, 1.807) is 0 Å². The smallest absolute Gasteiger partial charge is 0.0202 e. The summed E-state index contributed by atoms with van der Waals surface area (Å²) in [5, 5.41) is 0. The first-order valence-electron chi connectivity index (χ1n) is 2.62. The van der Waals surface area contributed by atoms with Crippen molar-refractivity contribution in [3.63, 3.8) is 0 Å². The first-order valence-corrected chi connectivity index (χ1v) is 3.87. The predicted molar refractivity (Wildman–Crippen MR) is 47.2 cm³/mol. The first kappa shape index (κ1) is 8.21. The summed E-state index contributed by atoms with van der Waals surface area (Å²) in [4.78, 5) is 0. The SMILES string of the molecule is CC=C(C)C(C)=CI. The van der Waals surface area contributed by atoms with E-state index in [1.807, 2.05) is 0 Å². The molecule has 0 aromatic heterocycles. The van der Waals surface area contributed by atoms with Crippen LogP contribution in [0.1, 0.15) is 20.8 Å². The maximum Gasteiger partial charge on any atom is -0.0202 e. The number of hydrogen-bond acceptors (Lipinski definition) is 0. The van der Waals surface area contributed by atoms with Gasteiger partial charge < -0.3 is 0 Å². The lowest BCUT2D eigenvalue weighted by atomic mass is 10.1. The van der Waals surface area contributed by atoms with Gasteiger partial charge >= 0.3 is 0 Å². The van der Waals surface area contributed by atoms with Crippen LogP contribution < -0.4 is 0 Å². The van der Waals surface area contributed by atoms with Crippen LogP contribution in [-0.2, 0) is 0 Å². The molecule has 0 aromatic carbocycles. The summed E-state index contributed by atoms with van der Waals surface area (Å²) in [6, 6.07) is 0. The number of allylic oxidation sites excluding steroid dienone is 3. The van der Waals surface area contributed by atoms with Crippen molar-refractivity contribution in [1.29, 1.82) is 0 Å². The van der Waals surface area contributed by atoms with Crippen LogP contribution in [0.25, 0.3) is 0 Å². The van der Waals surface area contributed by atoms with Crippen molar-refractivity contribution in [1.82, 2.24) is 0 Å². The highest BCUT2D eigenvalue weighted by molar-refractivity contribution is 14.1. The van der Waals surface area contributed by atoms with E-state index in [0.29, 0.717) is 0 Å². The van der Waals surface area contributed by atoms with E-state index in [-0.39, 0.29) is 0 Å². The molecule has 0 fully saturated rings. The zero-order chi connectivity index (χ0) is 6.57. The average molecular weight is 222 g/mol. The van der Waals surface area contributed by atoms with Crippen molar-refractivity contribution >= 4 is 22.6 Å². The van der Waals surface area contributed by atoms with Gasteiger partial charge in [0.05, 0.1) is 0 Å². The van der Waals surface area contributed by atoms with Gasteiger partial charge in [-0.1, -0.05) is 34.2 Å². The van der Waals surface area contributed by atoms with Crippen LogP contribution in [0.5, 0.6) is 0 Å². The minimum absolute atomic E-state index is 1.35. The molecule has 0 amide bonds. The maximum atomic E-state index is 2.25. The molecule has 0 aliphatic rings. The largest absolute Gasteiger partial charge is 0.0844 e. The molecule has 0 spiro atoms. The number of halogens is 1. The molecule has 0 nitrogen and oxygen atoms in total. The van der Waals surface area contributed by atoms with Gasteiger partial charge in [0.2, 0.25) is 0 Å². The van der Waals surface area contributed by atoms with E-state index in [1.165, 1.54) is 11.1 Å². The van der Waals surface area contributed by atoms with Crippen LogP contribution >= 0.6 is 22.6 Å². The van der Waals surface area contributed by atoms with Gasteiger partial charge in [-0.15, -0.1) is 0 Å². The van der Waals surface area contributed by atoms with Crippen molar-refractivity contribution in [2.45, 2.75) is 20.8 Å². The second kappa shape index (κ2) is 4.13. The normalized spacial score (nSPS) is 14.5. The van der Waals surface area contributed by atoms with Crippen LogP contribution in [0.2, 0.25) is 0 Å². The van der Waals surface area contributed by atoms with Gasteiger partial charge in [0, 0.05) is 0 Å². The van der Waals surface area contributed by atoms with Crippen LogP contribution in [0.4, 0.5) is 0 Å². The quantitative estimate of drug-likeness (QED) is 0.471. The summed E-state index contributed by atoms with van der Waals surface area (Å²) < 4.78 is 2.09. The second-order valence-electron chi connectivity index (χ2n) is 1.76. The Balaban J connectivity index is 4.04. The lowest BCUT2D eigenvalue weighted by Crippen LogP contribution is -1.73. The summed E-state index contributed by atoms with van der Waals surface area (Å²) in [6.45, 7) is 6.28. The number of hydrogen-bond donors (Lipinski definition) is 0. The highest BCUT2D eigenvalue weighted by Gasteiger charge is 1.85. The Bertz CT molecular complexity index is 104. The Hall–Kier alpha value is 0.210. The Morgan fingerprint density at radius 3 is 1.88 bits per heavy atom. The molecule has 0 rings (SSSR count). The van der Waals surface area contributed by atoms with Crippen molar-refractivity contribution in [3.05, 3.63) is 21.3 Å². The summed E-state index contributed by atoms with van der Waals surface area (Å²) in [6.07, 6.45) is 2.12. The number of rotatable bonds is 1. The molecular formula is C7H11I. The Morgan fingerprint density at radius 2 is 1.75 bits per heavy atom. The van der Waals surface area contributed by atoms with E-state index >= 15 is 0 Å². The fourth-order valence-corrected chi connectivity index (χ4v) is 0.805. The van der Waals surface area contributed by atoms with E-state index in [9.17, 15) is 0 Å². The average Bonchev–Trinajstić information content (AvgIpc) is 1.84. The summed E-state index contributed by atoms with van der Waals surface area (Å²) in [5.41, 5.74) is 2.72. The van der Waals surface area contributed by atoms with Gasteiger partial charge in [0.15, 0.2) is 0 Å². The zero-order valence-corrected chi connectivity index (χ0v) is 7.69. The highest BCUT2D eigenvalue weighted by atomic mass is 127. The van der Waals surface area contributed by atoms with Crippen LogP contribution in [0.15, 0.2) is 21.3 Å². The fraction of sp³-hybridized carbons (Fsp3) is 0.429. The van der Waals surface area contributed by atoms with Gasteiger partial charge in [-0.2, -0.15) is 0 Å². The summed E-state index contributed by atoms with van der Waals surface area (Å²) in [7, 11) is 0. The highest BCUT2D eigenvalue weighted by Crippen LogP contribution is 2.08. The molecule has 0 aromatic rings. The van der Waals surface area contributed by atoms with Crippen LogP contribution in [0, 0.1) is 0 Å². The summed E-state index contributed by atoms with van der Waals surface area (Å²) in [5.74, 6) is 0. The Morgan fingerprint density at radius 1 is 1.25 bits per heavy atom. The van der Waals surface area contributed by atoms with E-state index in [0.717, 1.165) is 0 Å². The van der Waals surface area contributed by atoms with Crippen molar-refractivity contribution < 1.29 is 0 Å². The van der Waals surface area contributed by atoms with Gasteiger partial charge in [0.1, 0.15) is 0 Å². The third-order valence-electron chi connectivity index (χ3n) is 1.22. The van der Waals surface area contributed by atoms with Crippen molar-refractivity contribution in [2.75, 3.05) is 0 Å². The molecule has 0 heterocycles. The Kier molecular flexibility index (Phi) is 4.23. The first-order chi connectivity index (χ1) is 3.72. The molecule has 1 heteroatoms. The fourth-order valence-electron chi connectivity index (χ4n) is 0.314. The lowest BCUT2D eigenvalue weighted by Gasteiger charge is -1.94. The topological polar surface area (TPSA) is 0 Å². The molecule has 0 bridgehead atoms. The summed E-state index contributed by atoms with van der Waals surface area (Å²) >= 11 is 2.25. The molecule has 46 valence electrons. The standard InChI is InChI=1S/C7H11I/c1-4-6(2)7(3)5-8/h4-5H,1-3H3. The van der Waals surface area contributed by atoms with Gasteiger partial charge in [-0.3, -0.25) is 0 Å². The lowest BCUT2D eigenvalue weighted by molar-refractivity contribution is 1.34. The Labute approximate surface area is 64.8 Å². The van der Waals surface area contributed by atoms with Gasteiger partial charge in [-0.05, 0) is 30.4 Å². The second-order valence-corrected chi connectivity index (χ2v) is 2.39. The third-order valence-corrected chi connectivity index (χ3v) is 2.15. The molecule has 0 aliphatic heterocycles. The minimum atomic E-state index is 1.35. The molecule has 0 atom stereocenters. The predicted octanol–water partition coefficient (Wildman–Crippen LogP) is 3.29. The van der Waals surface area contributed by atoms with Gasteiger partial charge in [0.25, 0.3) is 0 Å². The van der Waals surface area contributed by atoms with Gasteiger partial charge in [-0.25, -0.2) is 0 Å². The molecule has 0 saturated carbocycles. The van der Waals surface area contributed by atoms with E-state index in [2.05, 4.69) is 53.5 Å². The minimum Gasteiger partial charge on any atom is -0.0844 e. The zero-order valence-electron chi connectivity index (χ0n) is 5.53. The van der Waals surface area contributed by atoms with Crippen LogP contribution in [0.3, 0.4) is 0 Å². The third kappa shape index (κ3) is 2.50. The van der Waals surface area contributed by atoms with E-state index in [4.69, 9.17) is 0 Å². The molecular weight excluding hydrogens is 211 g/mol. The van der Waals surface area contributed by atoms with Crippen molar-refractivity contribution in [3.8, 4) is 0 Å². The van der Waals surface area contributed by atoms with E-state index < -0.39 is 0 Å². The van der Waals surface area contributed by atoms with Crippen LogP contribution in [-0.4, -0.2) is 0 Å². The molecule has 0 N–H and O–H groups in total. The molecule has 0 aliphatic carbocycles. The molecule has 0 saturated heterocycles. The monoisotopic (exact) mass is 222 g/mol. The molecule has 0 unspecified atom stereocenters. The molecule has 8 heavy (non-hydrogen) atoms. The maximum absolute atomic E-state index is 2.25. The van der Waals surface area contributed by atoms with Crippen molar-refractivity contribution in [2.24, 2.45) is 0 Å². The molecule has 0 radical (unpaired) electrons.